The molecule has 0 aromatic heterocycles. The average Bonchev–Trinajstić information content (AvgIpc) is 2.26. The smallest absolute Gasteiger partial charge is 0.345 e. The number of benzene rings is 1. The lowest BCUT2D eigenvalue weighted by molar-refractivity contribution is -0.142. The maximum Gasteiger partial charge on any atom is 0.345 e. The van der Waals surface area contributed by atoms with E-state index in [1.54, 1.807) is 30.3 Å². The van der Waals surface area contributed by atoms with E-state index in [1.165, 1.54) is 6.08 Å². The van der Waals surface area contributed by atoms with Crippen molar-refractivity contribution in [3.8, 4) is 0 Å². The fourth-order valence-corrected chi connectivity index (χ4v) is 1.03. The van der Waals surface area contributed by atoms with Crippen LogP contribution in [-0.2, 0) is 14.3 Å². The molecule has 4 nitrogen and oxygen atoms in total. The van der Waals surface area contributed by atoms with Gasteiger partial charge in [-0.1, -0.05) is 30.3 Å². The maximum absolute atomic E-state index is 11.1. The molecule has 0 saturated carbocycles. The third kappa shape index (κ3) is 2.95. The molecular weight excluding hydrogens is 196 g/mol. The van der Waals surface area contributed by atoms with E-state index >= 15 is 0 Å². The lowest BCUT2D eigenvalue weighted by Gasteiger charge is -1.99. The Hall–Kier alpha value is -2.10. The zero-order chi connectivity index (χ0) is 11.3. The zero-order valence-corrected chi connectivity index (χ0v) is 8.14. The van der Waals surface area contributed by atoms with E-state index in [1.807, 2.05) is 0 Å². The first-order valence-electron chi connectivity index (χ1n) is 4.23. The van der Waals surface area contributed by atoms with Crippen molar-refractivity contribution in [1.82, 2.24) is 0 Å². The number of carboxylic acids is 1. The molecule has 0 aliphatic heterocycles. The van der Waals surface area contributed by atoms with Gasteiger partial charge in [0.1, 0.15) is 5.57 Å². The van der Waals surface area contributed by atoms with E-state index in [0.29, 0.717) is 5.56 Å². The summed E-state index contributed by atoms with van der Waals surface area (Å²) in [5, 5.41) is 8.77. The molecule has 4 heteroatoms. The van der Waals surface area contributed by atoms with Crippen molar-refractivity contribution in [1.29, 1.82) is 0 Å². The van der Waals surface area contributed by atoms with E-state index in [2.05, 4.69) is 4.74 Å². The first-order chi connectivity index (χ1) is 7.15. The topological polar surface area (TPSA) is 63.6 Å². The SMILES string of the molecule is COC(=O)/C(=C/c1ccccc1)C(=O)O. The van der Waals surface area contributed by atoms with Crippen LogP contribution in [0.4, 0.5) is 0 Å². The molecule has 0 unspecified atom stereocenters. The largest absolute Gasteiger partial charge is 0.477 e. The normalized spacial score (nSPS) is 10.9. The van der Waals surface area contributed by atoms with Gasteiger partial charge in [-0.2, -0.15) is 0 Å². The third-order valence-corrected chi connectivity index (χ3v) is 1.75. The Kier molecular flexibility index (Phi) is 3.62. The monoisotopic (exact) mass is 206 g/mol. The van der Waals surface area contributed by atoms with Gasteiger partial charge in [-0.3, -0.25) is 0 Å². The van der Waals surface area contributed by atoms with Crippen LogP contribution in [0.2, 0.25) is 0 Å². The fraction of sp³-hybridized carbons (Fsp3) is 0.0909. The molecule has 1 rings (SSSR count). The minimum absolute atomic E-state index is 0.385. The molecule has 0 radical (unpaired) electrons. The fourth-order valence-electron chi connectivity index (χ4n) is 1.03. The number of hydrogen-bond acceptors (Lipinski definition) is 3. The summed E-state index contributed by atoms with van der Waals surface area (Å²) in [6.45, 7) is 0. The van der Waals surface area contributed by atoms with E-state index in [-0.39, 0.29) is 5.57 Å². The first kappa shape index (κ1) is 11.0. The van der Waals surface area contributed by atoms with Crippen LogP contribution in [0.3, 0.4) is 0 Å². The quantitative estimate of drug-likeness (QED) is 0.350. The molecule has 0 heterocycles. The highest BCUT2D eigenvalue weighted by atomic mass is 16.5. The molecule has 0 aliphatic rings. The second-order valence-corrected chi connectivity index (χ2v) is 2.77. The predicted octanol–water partition coefficient (Wildman–Crippen LogP) is 1.33. The van der Waals surface area contributed by atoms with Crippen LogP contribution in [0.1, 0.15) is 5.56 Å². The number of aliphatic carboxylic acids is 1. The summed E-state index contributed by atoms with van der Waals surface area (Å²) in [5.41, 5.74) is 0.254. The molecule has 1 aromatic rings. The summed E-state index contributed by atoms with van der Waals surface area (Å²) in [6, 6.07) is 8.71. The molecule has 0 bridgehead atoms. The third-order valence-electron chi connectivity index (χ3n) is 1.75. The Morgan fingerprint density at radius 3 is 2.33 bits per heavy atom. The number of ether oxygens (including phenoxy) is 1. The van der Waals surface area contributed by atoms with Crippen LogP contribution in [0.5, 0.6) is 0 Å². The number of rotatable bonds is 3. The van der Waals surface area contributed by atoms with Gasteiger partial charge in [-0.25, -0.2) is 9.59 Å². The van der Waals surface area contributed by atoms with Gasteiger partial charge in [0.05, 0.1) is 7.11 Å². The molecule has 0 amide bonds. The average molecular weight is 206 g/mol. The van der Waals surface area contributed by atoms with Crippen molar-refractivity contribution in [2.75, 3.05) is 7.11 Å². The van der Waals surface area contributed by atoms with Crippen LogP contribution in [-0.4, -0.2) is 24.2 Å². The number of hydrogen-bond donors (Lipinski definition) is 1. The van der Waals surface area contributed by atoms with Crippen molar-refractivity contribution < 1.29 is 19.4 Å². The van der Waals surface area contributed by atoms with Gasteiger partial charge in [0.25, 0.3) is 0 Å². The van der Waals surface area contributed by atoms with Gasteiger partial charge < -0.3 is 9.84 Å². The summed E-state index contributed by atoms with van der Waals surface area (Å²) in [4.78, 5) is 21.8. The van der Waals surface area contributed by atoms with Crippen molar-refractivity contribution in [3.63, 3.8) is 0 Å². The second-order valence-electron chi connectivity index (χ2n) is 2.77. The van der Waals surface area contributed by atoms with E-state index in [9.17, 15) is 9.59 Å². The van der Waals surface area contributed by atoms with Gasteiger partial charge in [0.2, 0.25) is 0 Å². The van der Waals surface area contributed by atoms with Gasteiger partial charge in [-0.15, -0.1) is 0 Å². The summed E-state index contributed by atoms with van der Waals surface area (Å²) in [6.07, 6.45) is 1.27. The molecule has 15 heavy (non-hydrogen) atoms. The minimum atomic E-state index is -1.30. The van der Waals surface area contributed by atoms with Crippen molar-refractivity contribution >= 4 is 18.0 Å². The molecule has 0 saturated heterocycles. The van der Waals surface area contributed by atoms with Gasteiger partial charge in [0, 0.05) is 0 Å². The van der Waals surface area contributed by atoms with E-state index < -0.39 is 11.9 Å². The van der Waals surface area contributed by atoms with Crippen LogP contribution < -0.4 is 0 Å². The predicted molar refractivity (Wildman–Crippen MR) is 54.1 cm³/mol. The Morgan fingerprint density at radius 1 is 1.27 bits per heavy atom. The summed E-state index contributed by atoms with van der Waals surface area (Å²) >= 11 is 0. The number of methoxy groups -OCH3 is 1. The Balaban J connectivity index is 3.05. The highest BCUT2D eigenvalue weighted by Crippen LogP contribution is 2.08. The maximum atomic E-state index is 11.1. The molecule has 1 N–H and O–H groups in total. The number of carboxylic acid groups (broad SMARTS) is 1. The number of esters is 1. The molecule has 78 valence electrons. The van der Waals surface area contributed by atoms with E-state index in [4.69, 9.17) is 5.11 Å². The Morgan fingerprint density at radius 2 is 1.87 bits per heavy atom. The molecule has 0 aliphatic carbocycles. The standard InChI is InChI=1S/C11H10O4/c1-15-11(14)9(10(12)13)7-8-5-3-2-4-6-8/h2-7H,1H3,(H,12,13)/b9-7+. The van der Waals surface area contributed by atoms with E-state index in [0.717, 1.165) is 7.11 Å². The molecule has 1 aromatic carbocycles. The summed E-state index contributed by atoms with van der Waals surface area (Å²) in [5.74, 6) is -2.16. The van der Waals surface area contributed by atoms with Crippen molar-refractivity contribution in [2.45, 2.75) is 0 Å². The lowest BCUT2D eigenvalue weighted by atomic mass is 10.1. The lowest BCUT2D eigenvalue weighted by Crippen LogP contribution is -2.13. The van der Waals surface area contributed by atoms with Gasteiger partial charge in [0.15, 0.2) is 0 Å². The Labute approximate surface area is 86.8 Å². The second kappa shape index (κ2) is 4.95. The van der Waals surface area contributed by atoms with Crippen molar-refractivity contribution in [3.05, 3.63) is 41.5 Å². The van der Waals surface area contributed by atoms with Crippen LogP contribution in [0.25, 0.3) is 6.08 Å². The summed E-state index contributed by atoms with van der Waals surface area (Å²) < 4.78 is 4.36. The summed E-state index contributed by atoms with van der Waals surface area (Å²) in [7, 11) is 1.14. The van der Waals surface area contributed by atoms with Gasteiger partial charge in [-0.05, 0) is 11.6 Å². The highest BCUT2D eigenvalue weighted by Gasteiger charge is 2.17. The Bertz CT molecular complexity index is 392. The van der Waals surface area contributed by atoms with Crippen LogP contribution >= 0.6 is 0 Å². The van der Waals surface area contributed by atoms with Crippen LogP contribution in [0.15, 0.2) is 35.9 Å². The minimum Gasteiger partial charge on any atom is -0.477 e. The molecular formula is C11H10O4. The number of carbonyl (C=O) groups excluding carboxylic acids is 1. The van der Waals surface area contributed by atoms with Crippen molar-refractivity contribution in [2.24, 2.45) is 0 Å². The van der Waals surface area contributed by atoms with Crippen LogP contribution in [0, 0.1) is 0 Å². The van der Waals surface area contributed by atoms with Gasteiger partial charge >= 0.3 is 11.9 Å². The molecule has 0 atom stereocenters. The first-order valence-corrected chi connectivity index (χ1v) is 4.23. The highest BCUT2D eigenvalue weighted by molar-refractivity contribution is 6.16. The molecule has 0 spiro atoms. The molecule has 0 fully saturated rings. The number of carbonyl (C=O) groups is 2. The zero-order valence-electron chi connectivity index (χ0n) is 8.14.